The number of likely N-dealkylation sites (N-methyl/N-ethyl adjacent to an activating group) is 2. The van der Waals surface area contributed by atoms with Crippen molar-refractivity contribution < 1.29 is 14.5 Å². The topological polar surface area (TPSA) is 84.7 Å². The first-order valence-electron chi connectivity index (χ1n) is 5.73. The molecule has 0 fully saturated rings. The molecule has 0 atom stereocenters. The fourth-order valence-electron chi connectivity index (χ4n) is 1.56. The van der Waals surface area contributed by atoms with Crippen LogP contribution in [0.15, 0.2) is 18.2 Å². The third-order valence-corrected chi connectivity index (χ3v) is 2.67. The Kier molecular flexibility index (Phi) is 7.56. The average molecular weight is 304 g/mol. The number of rotatable bonds is 6. The van der Waals surface area contributed by atoms with Gasteiger partial charge in [-0.1, -0.05) is 0 Å². The molecule has 0 unspecified atom stereocenters. The van der Waals surface area contributed by atoms with Crippen LogP contribution in [0.5, 0.6) is 5.75 Å². The van der Waals surface area contributed by atoms with E-state index in [0.29, 0.717) is 18.7 Å². The summed E-state index contributed by atoms with van der Waals surface area (Å²) in [5.74, 6) is -0.124. The Balaban J connectivity index is 0.00000361. The van der Waals surface area contributed by atoms with Crippen LogP contribution in [-0.2, 0) is 0 Å². The Bertz CT molecular complexity index is 482. The number of ether oxygens (including phenoxy) is 1. The van der Waals surface area contributed by atoms with E-state index in [-0.39, 0.29) is 29.8 Å². The maximum atomic E-state index is 12.1. The van der Waals surface area contributed by atoms with Crippen LogP contribution in [-0.4, -0.2) is 50.0 Å². The van der Waals surface area contributed by atoms with Gasteiger partial charge in [0.2, 0.25) is 0 Å². The molecule has 1 rings (SSSR count). The number of amides is 1. The minimum atomic E-state index is -0.544. The third kappa shape index (κ3) is 4.36. The molecule has 0 aromatic heterocycles. The van der Waals surface area contributed by atoms with Gasteiger partial charge in [-0.05, 0) is 13.1 Å². The van der Waals surface area contributed by atoms with E-state index >= 15 is 0 Å². The van der Waals surface area contributed by atoms with Gasteiger partial charge in [0.25, 0.3) is 5.91 Å². The smallest absolute Gasteiger partial charge is 0.310 e. The zero-order valence-electron chi connectivity index (χ0n) is 11.6. The number of carbonyl (C=O) groups is 1. The van der Waals surface area contributed by atoms with E-state index in [0.717, 1.165) is 0 Å². The number of halogens is 1. The number of nitro groups is 1. The molecule has 7 nitrogen and oxygen atoms in total. The highest BCUT2D eigenvalue weighted by Gasteiger charge is 2.19. The fourth-order valence-corrected chi connectivity index (χ4v) is 1.56. The number of nitrogens with one attached hydrogen (secondary N) is 1. The van der Waals surface area contributed by atoms with E-state index in [1.54, 1.807) is 14.1 Å². The summed E-state index contributed by atoms with van der Waals surface area (Å²) < 4.78 is 4.93. The number of nitro benzene ring substituents is 1. The number of hydrogen-bond acceptors (Lipinski definition) is 5. The summed E-state index contributed by atoms with van der Waals surface area (Å²) in [4.78, 5) is 23.8. The van der Waals surface area contributed by atoms with Gasteiger partial charge in [-0.3, -0.25) is 14.9 Å². The molecular formula is C12H18ClN3O4. The number of methoxy groups -OCH3 is 1. The molecule has 0 saturated carbocycles. The Labute approximate surface area is 123 Å². The molecule has 8 heteroatoms. The largest absolute Gasteiger partial charge is 0.490 e. The lowest BCUT2D eigenvalue weighted by atomic mass is 10.1. The van der Waals surface area contributed by atoms with Gasteiger partial charge in [-0.2, -0.15) is 0 Å². The van der Waals surface area contributed by atoms with Crippen molar-refractivity contribution >= 4 is 24.0 Å². The second kappa shape index (κ2) is 8.34. The molecule has 1 amide bonds. The van der Waals surface area contributed by atoms with Gasteiger partial charge in [-0.15, -0.1) is 12.4 Å². The van der Waals surface area contributed by atoms with Gasteiger partial charge in [0, 0.05) is 37.8 Å². The van der Waals surface area contributed by atoms with Crippen molar-refractivity contribution in [3.8, 4) is 5.75 Å². The fraction of sp³-hybridized carbons (Fsp3) is 0.417. The highest BCUT2D eigenvalue weighted by Crippen LogP contribution is 2.27. The van der Waals surface area contributed by atoms with Crippen molar-refractivity contribution in [1.29, 1.82) is 0 Å². The Morgan fingerprint density at radius 1 is 1.50 bits per heavy atom. The second-order valence-corrected chi connectivity index (χ2v) is 3.97. The summed E-state index contributed by atoms with van der Waals surface area (Å²) in [6.07, 6.45) is 0. The standard InChI is InChI=1S/C12H17N3O4.ClH/c1-13-6-7-14(2)12(16)9-4-5-10(15(17)18)11(8-9)19-3;/h4-5,8,13H,6-7H2,1-3H3;1H. The maximum Gasteiger partial charge on any atom is 0.310 e. The van der Waals surface area contributed by atoms with Crippen LogP contribution in [0.25, 0.3) is 0 Å². The normalized spacial score (nSPS) is 9.55. The summed E-state index contributed by atoms with van der Waals surface area (Å²) in [6.45, 7) is 1.22. The van der Waals surface area contributed by atoms with Gasteiger partial charge < -0.3 is 15.0 Å². The average Bonchev–Trinajstić information content (AvgIpc) is 2.42. The summed E-state index contributed by atoms with van der Waals surface area (Å²) in [7, 11) is 4.81. The van der Waals surface area contributed by atoms with Crippen molar-refractivity contribution in [3.05, 3.63) is 33.9 Å². The molecule has 0 radical (unpaired) electrons. The van der Waals surface area contributed by atoms with Crippen molar-refractivity contribution in [3.63, 3.8) is 0 Å². The van der Waals surface area contributed by atoms with Crippen LogP contribution < -0.4 is 10.1 Å². The zero-order valence-corrected chi connectivity index (χ0v) is 12.4. The van der Waals surface area contributed by atoms with Crippen LogP contribution in [0, 0.1) is 10.1 Å². The molecule has 1 N–H and O–H groups in total. The number of carbonyl (C=O) groups excluding carboxylic acids is 1. The molecule has 0 aliphatic rings. The zero-order chi connectivity index (χ0) is 14.4. The van der Waals surface area contributed by atoms with Crippen LogP contribution in [0.3, 0.4) is 0 Å². The summed E-state index contributed by atoms with van der Waals surface area (Å²) in [6, 6.07) is 4.09. The molecule has 0 heterocycles. The van der Waals surface area contributed by atoms with E-state index in [4.69, 9.17) is 4.74 Å². The van der Waals surface area contributed by atoms with Crippen molar-refractivity contribution in [2.45, 2.75) is 0 Å². The lowest BCUT2D eigenvalue weighted by Crippen LogP contribution is -2.32. The van der Waals surface area contributed by atoms with E-state index in [1.165, 1.54) is 30.2 Å². The molecule has 20 heavy (non-hydrogen) atoms. The quantitative estimate of drug-likeness (QED) is 0.633. The second-order valence-electron chi connectivity index (χ2n) is 3.97. The van der Waals surface area contributed by atoms with Gasteiger partial charge >= 0.3 is 5.69 Å². The van der Waals surface area contributed by atoms with E-state index in [9.17, 15) is 14.9 Å². The molecule has 1 aromatic rings. The highest BCUT2D eigenvalue weighted by atomic mass is 35.5. The van der Waals surface area contributed by atoms with Gasteiger partial charge in [0.15, 0.2) is 5.75 Å². The first-order chi connectivity index (χ1) is 9.01. The molecule has 0 aliphatic carbocycles. The minimum Gasteiger partial charge on any atom is -0.490 e. The van der Waals surface area contributed by atoms with Gasteiger partial charge in [0.05, 0.1) is 12.0 Å². The van der Waals surface area contributed by atoms with Crippen LogP contribution in [0.1, 0.15) is 10.4 Å². The molecule has 0 spiro atoms. The van der Waals surface area contributed by atoms with Crippen molar-refractivity contribution in [1.82, 2.24) is 10.2 Å². The third-order valence-electron chi connectivity index (χ3n) is 2.67. The predicted octanol–water partition coefficient (Wildman–Crippen LogP) is 1.32. The SMILES string of the molecule is CNCCN(C)C(=O)c1ccc([N+](=O)[O-])c(OC)c1.Cl. The van der Waals surface area contributed by atoms with E-state index < -0.39 is 4.92 Å². The molecule has 0 bridgehead atoms. The molecule has 1 aromatic carbocycles. The Hall–Kier alpha value is -1.86. The summed E-state index contributed by atoms with van der Waals surface area (Å²) in [5.41, 5.74) is 0.206. The maximum absolute atomic E-state index is 12.1. The Morgan fingerprint density at radius 3 is 2.65 bits per heavy atom. The first-order valence-corrected chi connectivity index (χ1v) is 5.73. The van der Waals surface area contributed by atoms with Crippen LogP contribution >= 0.6 is 12.4 Å². The monoisotopic (exact) mass is 303 g/mol. The molecular weight excluding hydrogens is 286 g/mol. The van der Waals surface area contributed by atoms with Gasteiger partial charge in [-0.25, -0.2) is 0 Å². The molecule has 0 aliphatic heterocycles. The lowest BCUT2D eigenvalue weighted by Gasteiger charge is -2.17. The molecule has 0 saturated heterocycles. The number of hydrogen-bond donors (Lipinski definition) is 1. The summed E-state index contributed by atoms with van der Waals surface area (Å²) >= 11 is 0. The number of nitrogens with zero attached hydrogens (tertiary/aromatic N) is 2. The Morgan fingerprint density at radius 2 is 2.15 bits per heavy atom. The first kappa shape index (κ1) is 18.1. The van der Waals surface area contributed by atoms with E-state index in [2.05, 4.69) is 5.32 Å². The number of benzene rings is 1. The van der Waals surface area contributed by atoms with E-state index in [1.807, 2.05) is 0 Å². The van der Waals surface area contributed by atoms with Crippen molar-refractivity contribution in [2.75, 3.05) is 34.3 Å². The van der Waals surface area contributed by atoms with Crippen LogP contribution in [0.2, 0.25) is 0 Å². The molecule has 112 valence electrons. The summed E-state index contributed by atoms with van der Waals surface area (Å²) in [5, 5.41) is 13.7. The highest BCUT2D eigenvalue weighted by molar-refractivity contribution is 5.94. The lowest BCUT2D eigenvalue weighted by molar-refractivity contribution is -0.385. The van der Waals surface area contributed by atoms with Crippen molar-refractivity contribution in [2.24, 2.45) is 0 Å². The van der Waals surface area contributed by atoms with Crippen LogP contribution in [0.4, 0.5) is 5.69 Å². The predicted molar refractivity (Wildman–Crippen MR) is 77.8 cm³/mol. The van der Waals surface area contributed by atoms with Gasteiger partial charge in [0.1, 0.15) is 0 Å². The minimum absolute atomic E-state index is 0.